The number of halogens is 3. The van der Waals surface area contributed by atoms with Crippen LogP contribution in [0.4, 0.5) is 18.9 Å². The van der Waals surface area contributed by atoms with Crippen molar-refractivity contribution in [3.8, 4) is 0 Å². The van der Waals surface area contributed by atoms with Gasteiger partial charge in [0.2, 0.25) is 11.8 Å². The van der Waals surface area contributed by atoms with Gasteiger partial charge < -0.3 is 15.1 Å². The van der Waals surface area contributed by atoms with Gasteiger partial charge in [0.05, 0.1) is 6.54 Å². The van der Waals surface area contributed by atoms with E-state index in [0.29, 0.717) is 4.90 Å². The fourth-order valence-corrected chi connectivity index (χ4v) is 4.49. The van der Waals surface area contributed by atoms with Gasteiger partial charge in [-0.3, -0.25) is 29.1 Å². The van der Waals surface area contributed by atoms with E-state index in [4.69, 9.17) is 0 Å². The van der Waals surface area contributed by atoms with Gasteiger partial charge in [0, 0.05) is 44.3 Å². The molecule has 3 rings (SSSR count). The Morgan fingerprint density at radius 1 is 1.07 bits per heavy atom. The normalized spacial score (nSPS) is 16.3. The molecule has 0 bridgehead atoms. The average Bonchev–Trinajstić information content (AvgIpc) is 3.38. The van der Waals surface area contributed by atoms with Gasteiger partial charge in [-0.15, -0.1) is 0 Å². The van der Waals surface area contributed by atoms with Crippen molar-refractivity contribution in [1.29, 1.82) is 0 Å². The second-order valence-electron chi connectivity index (χ2n) is 10.9. The van der Waals surface area contributed by atoms with Crippen LogP contribution in [0, 0.1) is 0 Å². The van der Waals surface area contributed by atoms with Gasteiger partial charge >= 0.3 is 12.1 Å². The summed E-state index contributed by atoms with van der Waals surface area (Å²) in [6, 6.07) is 7.07. The molecule has 1 unspecified atom stereocenters. The van der Waals surface area contributed by atoms with Crippen LogP contribution in [0.15, 0.2) is 48.8 Å². The molecule has 9 nitrogen and oxygen atoms in total. The first-order valence-electron chi connectivity index (χ1n) is 12.8. The summed E-state index contributed by atoms with van der Waals surface area (Å²) in [5.41, 5.74) is 1.21. The molecule has 0 spiro atoms. The first-order chi connectivity index (χ1) is 18.6. The highest BCUT2D eigenvalue weighted by molar-refractivity contribution is 6.05. The number of nitrogens with zero attached hydrogens (tertiary/aromatic N) is 4. The molecular formula is C28H34F3N5O4. The lowest BCUT2D eigenvalue weighted by atomic mass is 9.87. The number of alkyl halides is 3. The number of carbonyl (C=O) groups is 4. The molecule has 2 heterocycles. The molecule has 12 heteroatoms. The summed E-state index contributed by atoms with van der Waals surface area (Å²) in [4.78, 5) is 59.1. The Morgan fingerprint density at radius 2 is 1.73 bits per heavy atom. The molecule has 2 aromatic rings. The Hall–Kier alpha value is -3.96. The maximum atomic E-state index is 14.1. The van der Waals surface area contributed by atoms with Crippen molar-refractivity contribution in [3.63, 3.8) is 0 Å². The molecule has 4 amide bonds. The molecule has 0 radical (unpaired) electrons. The molecule has 216 valence electrons. The highest BCUT2D eigenvalue weighted by Crippen LogP contribution is 2.34. The average molecular weight is 562 g/mol. The number of hydrogen-bond donors (Lipinski definition) is 1. The molecule has 1 aliphatic rings. The lowest BCUT2D eigenvalue weighted by Gasteiger charge is -2.35. The van der Waals surface area contributed by atoms with Gasteiger partial charge in [-0.2, -0.15) is 13.2 Å². The molecule has 40 heavy (non-hydrogen) atoms. The largest absolute Gasteiger partial charge is 0.471 e. The molecule has 1 aliphatic heterocycles. The number of rotatable bonds is 7. The molecule has 1 aromatic heterocycles. The van der Waals surface area contributed by atoms with Gasteiger partial charge in [-0.05, 0) is 42.0 Å². The molecule has 1 fully saturated rings. The van der Waals surface area contributed by atoms with E-state index in [9.17, 15) is 32.3 Å². The summed E-state index contributed by atoms with van der Waals surface area (Å²) in [6.07, 6.45) is -2.13. The number of aromatic nitrogens is 1. The third-order valence-electron chi connectivity index (χ3n) is 6.71. The van der Waals surface area contributed by atoms with Crippen LogP contribution in [0.2, 0.25) is 0 Å². The Balaban J connectivity index is 2.13. The monoisotopic (exact) mass is 561 g/mol. The zero-order valence-corrected chi connectivity index (χ0v) is 23.2. The summed E-state index contributed by atoms with van der Waals surface area (Å²) >= 11 is 0. The summed E-state index contributed by atoms with van der Waals surface area (Å²) in [7, 11) is 3.04. The second-order valence-corrected chi connectivity index (χ2v) is 10.9. The standard InChI is InChI=1S/C28H34F3N5O4/c1-27(2,3)19-10-12-20(13-11-19)36(25(39)21-9-7-15-35(21)26(40)28(29,30)31)23(18-8-6-14-32-16-18)24(38)33-17-22(37)34(4)5/h6,8,10-14,16,21,23H,7,9,15,17H2,1-5H3,(H,33,38)/t21-,23?/m1/s1. The van der Waals surface area contributed by atoms with E-state index in [-0.39, 0.29) is 42.6 Å². The number of carbonyl (C=O) groups excluding carboxylic acids is 4. The fraction of sp³-hybridized carbons (Fsp3) is 0.464. The minimum absolute atomic E-state index is 0.00226. The smallest absolute Gasteiger partial charge is 0.347 e. The molecule has 0 aliphatic carbocycles. The Bertz CT molecular complexity index is 1230. The number of likely N-dealkylation sites (tertiary alicyclic amines) is 1. The third-order valence-corrected chi connectivity index (χ3v) is 6.71. The molecular weight excluding hydrogens is 527 g/mol. The van der Waals surface area contributed by atoms with E-state index in [1.807, 2.05) is 20.8 Å². The van der Waals surface area contributed by atoms with Crippen LogP contribution >= 0.6 is 0 Å². The summed E-state index contributed by atoms with van der Waals surface area (Å²) in [6.45, 7) is 5.38. The fourth-order valence-electron chi connectivity index (χ4n) is 4.49. The van der Waals surface area contributed by atoms with E-state index < -0.39 is 41.9 Å². The minimum atomic E-state index is -5.16. The molecule has 0 saturated carbocycles. The van der Waals surface area contributed by atoms with Crippen LogP contribution in [0.1, 0.15) is 50.8 Å². The first-order valence-corrected chi connectivity index (χ1v) is 12.8. The van der Waals surface area contributed by atoms with Crippen LogP contribution < -0.4 is 10.2 Å². The number of amides is 4. The van der Waals surface area contributed by atoms with E-state index >= 15 is 0 Å². The van der Waals surface area contributed by atoms with Crippen molar-refractivity contribution in [2.45, 2.75) is 57.3 Å². The van der Waals surface area contributed by atoms with Crippen LogP contribution in [-0.4, -0.2) is 77.8 Å². The lowest BCUT2D eigenvalue weighted by molar-refractivity contribution is -0.186. The zero-order chi connectivity index (χ0) is 29.8. The molecule has 1 N–H and O–H groups in total. The SMILES string of the molecule is CN(C)C(=O)CNC(=O)C(c1cccnc1)N(C(=O)[C@H]1CCCN1C(=O)C(F)(F)F)c1ccc(C(C)(C)C)cc1. The van der Waals surface area contributed by atoms with Crippen LogP contribution in [0.5, 0.6) is 0 Å². The number of hydrogen-bond acceptors (Lipinski definition) is 5. The number of nitrogens with one attached hydrogen (secondary N) is 1. The Labute approximate surface area is 231 Å². The lowest BCUT2D eigenvalue weighted by Crippen LogP contribution is -2.54. The molecule has 2 atom stereocenters. The molecule has 1 aromatic carbocycles. The van der Waals surface area contributed by atoms with Crippen LogP contribution in [0.25, 0.3) is 0 Å². The van der Waals surface area contributed by atoms with Gasteiger partial charge in [0.15, 0.2) is 0 Å². The van der Waals surface area contributed by atoms with Crippen molar-refractivity contribution >= 4 is 29.3 Å². The Morgan fingerprint density at radius 3 is 2.25 bits per heavy atom. The van der Waals surface area contributed by atoms with E-state index in [1.54, 1.807) is 36.4 Å². The van der Waals surface area contributed by atoms with Crippen molar-refractivity contribution in [2.75, 3.05) is 32.1 Å². The highest BCUT2D eigenvalue weighted by Gasteiger charge is 2.49. The van der Waals surface area contributed by atoms with Crippen LogP contribution in [-0.2, 0) is 24.6 Å². The number of anilines is 1. The summed E-state index contributed by atoms with van der Waals surface area (Å²) in [5, 5.41) is 2.54. The predicted octanol–water partition coefficient (Wildman–Crippen LogP) is 3.21. The highest BCUT2D eigenvalue weighted by atomic mass is 19.4. The number of pyridine rings is 1. The predicted molar refractivity (Wildman–Crippen MR) is 142 cm³/mol. The van der Waals surface area contributed by atoms with Gasteiger partial charge in [-0.1, -0.05) is 39.0 Å². The van der Waals surface area contributed by atoms with Crippen LogP contribution in [0.3, 0.4) is 0 Å². The summed E-state index contributed by atoms with van der Waals surface area (Å²) < 4.78 is 40.2. The van der Waals surface area contributed by atoms with Gasteiger partial charge in [0.25, 0.3) is 5.91 Å². The maximum Gasteiger partial charge on any atom is 0.471 e. The Kier molecular flexibility index (Phi) is 9.21. The number of benzene rings is 1. The van der Waals surface area contributed by atoms with Crippen molar-refractivity contribution in [2.24, 2.45) is 0 Å². The van der Waals surface area contributed by atoms with Crippen molar-refractivity contribution < 1.29 is 32.3 Å². The quantitative estimate of drug-likeness (QED) is 0.560. The van der Waals surface area contributed by atoms with Gasteiger partial charge in [-0.25, -0.2) is 0 Å². The minimum Gasteiger partial charge on any atom is -0.347 e. The van der Waals surface area contributed by atoms with E-state index in [1.165, 1.54) is 31.4 Å². The third kappa shape index (κ3) is 6.97. The first kappa shape index (κ1) is 30.6. The molecule has 1 saturated heterocycles. The van der Waals surface area contributed by atoms with E-state index in [2.05, 4.69) is 10.3 Å². The summed E-state index contributed by atoms with van der Waals surface area (Å²) in [5.74, 6) is -4.08. The zero-order valence-electron chi connectivity index (χ0n) is 23.2. The maximum absolute atomic E-state index is 14.1. The topological polar surface area (TPSA) is 103 Å². The van der Waals surface area contributed by atoms with E-state index in [0.717, 1.165) is 10.5 Å². The van der Waals surface area contributed by atoms with Crippen molar-refractivity contribution in [1.82, 2.24) is 20.1 Å². The second kappa shape index (κ2) is 12.1. The van der Waals surface area contributed by atoms with Gasteiger partial charge in [0.1, 0.15) is 12.1 Å². The number of likely N-dealkylation sites (N-methyl/N-ethyl adjacent to an activating group) is 1. The van der Waals surface area contributed by atoms with Crippen molar-refractivity contribution in [3.05, 3.63) is 59.9 Å².